The second-order valence-corrected chi connectivity index (χ2v) is 7.21. The van der Waals surface area contributed by atoms with Crippen molar-refractivity contribution in [3.8, 4) is 0 Å². The molecule has 5 nitrogen and oxygen atoms in total. The minimum Gasteiger partial charge on any atom is -0.458 e. The van der Waals surface area contributed by atoms with Crippen molar-refractivity contribution in [2.75, 3.05) is 11.9 Å². The molecule has 2 fully saturated rings. The first kappa shape index (κ1) is 16.3. The highest BCUT2D eigenvalue weighted by molar-refractivity contribution is 6.33. The highest BCUT2D eigenvalue weighted by atomic mass is 35.5. The number of hydrogen-bond donors (Lipinski definition) is 1. The molecule has 1 spiro atoms. The Kier molecular flexibility index (Phi) is 4.10. The Morgan fingerprint density at radius 3 is 2.78 bits per heavy atom. The van der Waals surface area contributed by atoms with Crippen molar-refractivity contribution in [2.45, 2.75) is 44.3 Å². The van der Waals surface area contributed by atoms with Crippen LogP contribution in [0, 0.1) is 5.92 Å². The minimum atomic E-state index is -0.788. The normalized spacial score (nSPS) is 29.3. The van der Waals surface area contributed by atoms with Crippen LogP contribution in [0.2, 0.25) is 5.02 Å². The molecule has 2 aliphatic rings. The maximum absolute atomic E-state index is 12.8. The first-order valence-corrected chi connectivity index (χ1v) is 8.10. The van der Waals surface area contributed by atoms with Crippen molar-refractivity contribution < 1.29 is 19.1 Å². The average Bonchev–Trinajstić information content (AvgIpc) is 2.76. The molecular weight excluding hydrogens is 318 g/mol. The topological polar surface area (TPSA) is 64.6 Å². The summed E-state index contributed by atoms with van der Waals surface area (Å²) < 4.78 is 11.3. The molecule has 0 aliphatic carbocycles. The predicted molar refractivity (Wildman–Crippen MR) is 86.3 cm³/mol. The molecule has 0 radical (unpaired) electrons. The molecule has 2 atom stereocenters. The van der Waals surface area contributed by atoms with Gasteiger partial charge in [-0.15, -0.1) is 0 Å². The number of para-hydroxylation sites is 1. The fourth-order valence-corrected chi connectivity index (χ4v) is 3.73. The summed E-state index contributed by atoms with van der Waals surface area (Å²) in [6.45, 7) is 4.36. The highest BCUT2D eigenvalue weighted by Gasteiger charge is 2.56. The van der Waals surface area contributed by atoms with Gasteiger partial charge in [0.05, 0.1) is 35.3 Å². The fraction of sp³-hybridized carbons (Fsp3) is 0.529. The lowest BCUT2D eigenvalue weighted by Crippen LogP contribution is -2.52. The van der Waals surface area contributed by atoms with Crippen LogP contribution in [-0.2, 0) is 19.1 Å². The molecule has 2 heterocycles. The van der Waals surface area contributed by atoms with Crippen molar-refractivity contribution in [1.29, 1.82) is 0 Å². The van der Waals surface area contributed by atoms with Crippen molar-refractivity contribution in [3.05, 3.63) is 29.3 Å². The van der Waals surface area contributed by atoms with Gasteiger partial charge in [-0.25, -0.2) is 0 Å². The SMILES string of the molecule is CC1(C)C[C@]2(CCO1)OC(=O)C[C@H]2C(=O)Nc1ccccc1Cl. The van der Waals surface area contributed by atoms with Gasteiger partial charge in [0.25, 0.3) is 0 Å². The summed E-state index contributed by atoms with van der Waals surface area (Å²) >= 11 is 6.09. The zero-order valence-corrected chi connectivity index (χ0v) is 14.0. The lowest BCUT2D eigenvalue weighted by atomic mass is 9.75. The van der Waals surface area contributed by atoms with Crippen LogP contribution >= 0.6 is 11.6 Å². The quantitative estimate of drug-likeness (QED) is 0.842. The lowest BCUT2D eigenvalue weighted by molar-refractivity contribution is -0.178. The number of ether oxygens (including phenoxy) is 2. The van der Waals surface area contributed by atoms with Gasteiger partial charge in [-0.1, -0.05) is 23.7 Å². The molecule has 23 heavy (non-hydrogen) atoms. The third-order valence-corrected chi connectivity index (χ3v) is 4.84. The molecule has 2 saturated heterocycles. The third-order valence-electron chi connectivity index (χ3n) is 4.51. The summed E-state index contributed by atoms with van der Waals surface area (Å²) in [6, 6.07) is 7.03. The van der Waals surface area contributed by atoms with E-state index in [4.69, 9.17) is 21.1 Å². The van der Waals surface area contributed by atoms with Crippen LogP contribution in [0.5, 0.6) is 0 Å². The summed E-state index contributed by atoms with van der Waals surface area (Å²) in [5.74, 6) is -1.10. The van der Waals surface area contributed by atoms with Crippen LogP contribution < -0.4 is 5.32 Å². The van der Waals surface area contributed by atoms with E-state index in [-0.39, 0.29) is 18.3 Å². The van der Waals surface area contributed by atoms with Crippen molar-refractivity contribution in [3.63, 3.8) is 0 Å². The van der Waals surface area contributed by atoms with E-state index in [0.717, 1.165) is 0 Å². The number of amides is 1. The van der Waals surface area contributed by atoms with Crippen LogP contribution in [0.4, 0.5) is 5.69 Å². The number of anilines is 1. The van der Waals surface area contributed by atoms with Gasteiger partial charge in [-0.3, -0.25) is 9.59 Å². The number of carbonyl (C=O) groups excluding carboxylic acids is 2. The van der Waals surface area contributed by atoms with Gasteiger partial charge in [0.2, 0.25) is 5.91 Å². The van der Waals surface area contributed by atoms with Gasteiger partial charge in [0.1, 0.15) is 5.60 Å². The Morgan fingerprint density at radius 2 is 2.09 bits per heavy atom. The minimum absolute atomic E-state index is 0.0896. The molecule has 124 valence electrons. The number of halogens is 1. The number of rotatable bonds is 2. The summed E-state index contributed by atoms with van der Waals surface area (Å²) in [6.07, 6.45) is 1.13. The molecule has 6 heteroatoms. The number of esters is 1. The summed E-state index contributed by atoms with van der Waals surface area (Å²) in [5.41, 5.74) is -0.671. The molecule has 1 aromatic rings. The Morgan fingerprint density at radius 1 is 1.35 bits per heavy atom. The highest BCUT2D eigenvalue weighted by Crippen LogP contribution is 2.46. The zero-order valence-electron chi connectivity index (χ0n) is 13.2. The Balaban J connectivity index is 1.83. The zero-order chi connectivity index (χ0) is 16.7. The predicted octanol–water partition coefficient (Wildman–Crippen LogP) is 3.17. The first-order valence-electron chi connectivity index (χ1n) is 7.73. The Hall–Kier alpha value is -1.59. The summed E-state index contributed by atoms with van der Waals surface area (Å²) in [7, 11) is 0. The molecule has 0 unspecified atom stereocenters. The largest absolute Gasteiger partial charge is 0.458 e. The number of nitrogens with one attached hydrogen (secondary N) is 1. The van der Waals surface area contributed by atoms with Gasteiger partial charge >= 0.3 is 5.97 Å². The van der Waals surface area contributed by atoms with Gasteiger partial charge in [0, 0.05) is 12.8 Å². The van der Waals surface area contributed by atoms with E-state index in [1.54, 1.807) is 24.3 Å². The Labute approximate surface area is 140 Å². The molecule has 3 rings (SSSR count). The molecule has 1 amide bonds. The molecule has 2 aliphatic heterocycles. The van der Waals surface area contributed by atoms with E-state index in [2.05, 4.69) is 5.32 Å². The smallest absolute Gasteiger partial charge is 0.307 e. The number of carbonyl (C=O) groups is 2. The van der Waals surface area contributed by atoms with Crippen LogP contribution in [0.1, 0.15) is 33.1 Å². The standard InChI is InChI=1S/C17H20ClNO4/c1-16(2)10-17(7-8-22-16)11(9-14(20)23-17)15(21)19-13-6-4-3-5-12(13)18/h3-6,11H,7-10H2,1-2H3,(H,19,21)/t11-,17-/m0/s1. The van der Waals surface area contributed by atoms with Crippen LogP contribution in [-0.4, -0.2) is 29.7 Å². The van der Waals surface area contributed by atoms with Crippen molar-refractivity contribution in [1.82, 2.24) is 0 Å². The maximum Gasteiger partial charge on any atom is 0.307 e. The van der Waals surface area contributed by atoms with E-state index in [1.807, 2.05) is 13.8 Å². The van der Waals surface area contributed by atoms with Crippen LogP contribution in [0.3, 0.4) is 0 Å². The van der Waals surface area contributed by atoms with E-state index in [1.165, 1.54) is 0 Å². The van der Waals surface area contributed by atoms with E-state index < -0.39 is 17.1 Å². The van der Waals surface area contributed by atoms with Crippen LogP contribution in [0.25, 0.3) is 0 Å². The van der Waals surface area contributed by atoms with E-state index in [0.29, 0.717) is 30.2 Å². The monoisotopic (exact) mass is 337 g/mol. The fourth-order valence-electron chi connectivity index (χ4n) is 3.55. The van der Waals surface area contributed by atoms with Gasteiger partial charge in [-0.05, 0) is 26.0 Å². The van der Waals surface area contributed by atoms with Crippen molar-refractivity contribution in [2.24, 2.45) is 5.92 Å². The van der Waals surface area contributed by atoms with Crippen LogP contribution in [0.15, 0.2) is 24.3 Å². The molecule has 0 saturated carbocycles. The lowest BCUT2D eigenvalue weighted by Gasteiger charge is -2.43. The average molecular weight is 338 g/mol. The molecular formula is C17H20ClNO4. The van der Waals surface area contributed by atoms with Gasteiger partial charge in [0.15, 0.2) is 0 Å². The molecule has 1 N–H and O–H groups in total. The second-order valence-electron chi connectivity index (χ2n) is 6.80. The van der Waals surface area contributed by atoms with Gasteiger partial charge < -0.3 is 14.8 Å². The van der Waals surface area contributed by atoms with E-state index in [9.17, 15) is 9.59 Å². The summed E-state index contributed by atoms with van der Waals surface area (Å²) in [4.78, 5) is 24.6. The van der Waals surface area contributed by atoms with Gasteiger partial charge in [-0.2, -0.15) is 0 Å². The second kappa shape index (κ2) is 5.80. The third kappa shape index (κ3) is 3.21. The molecule has 0 bridgehead atoms. The number of benzene rings is 1. The molecule has 1 aromatic carbocycles. The molecule has 0 aromatic heterocycles. The summed E-state index contributed by atoms with van der Waals surface area (Å²) in [5, 5.41) is 3.29. The number of hydrogen-bond acceptors (Lipinski definition) is 4. The maximum atomic E-state index is 12.8. The van der Waals surface area contributed by atoms with Crippen molar-refractivity contribution >= 4 is 29.2 Å². The first-order chi connectivity index (χ1) is 10.8. The van der Waals surface area contributed by atoms with E-state index >= 15 is 0 Å². The Bertz CT molecular complexity index is 645.